The summed E-state index contributed by atoms with van der Waals surface area (Å²) in [7, 11) is 0. The zero-order valence-corrected chi connectivity index (χ0v) is 13.8. The SMILES string of the molecule is O=C(Nc1ccccc1C(F)(F)F)C1C2CC3C(OC(=O)C31)C2Br. The van der Waals surface area contributed by atoms with Gasteiger partial charge in [-0.1, -0.05) is 28.1 Å². The Bertz CT molecular complexity index is 723. The lowest BCUT2D eigenvalue weighted by molar-refractivity contribution is -0.145. The van der Waals surface area contributed by atoms with Gasteiger partial charge in [-0.15, -0.1) is 0 Å². The molecule has 0 aromatic heterocycles. The molecule has 1 aromatic rings. The molecule has 1 N–H and O–H groups in total. The molecule has 2 aliphatic carbocycles. The largest absolute Gasteiger partial charge is 0.461 e. The van der Waals surface area contributed by atoms with Crippen LogP contribution in [0.5, 0.6) is 0 Å². The van der Waals surface area contributed by atoms with Crippen molar-refractivity contribution >= 4 is 33.5 Å². The summed E-state index contributed by atoms with van der Waals surface area (Å²) in [5.41, 5.74) is -1.18. The number of esters is 1. The molecule has 1 heterocycles. The first-order chi connectivity index (χ1) is 11.3. The van der Waals surface area contributed by atoms with Gasteiger partial charge in [0.2, 0.25) is 5.91 Å². The van der Waals surface area contributed by atoms with Crippen molar-refractivity contribution in [2.75, 3.05) is 5.32 Å². The fourth-order valence-electron chi connectivity index (χ4n) is 4.39. The minimum atomic E-state index is -4.56. The van der Waals surface area contributed by atoms with Gasteiger partial charge in [-0.2, -0.15) is 13.2 Å². The van der Waals surface area contributed by atoms with E-state index in [-0.39, 0.29) is 28.5 Å². The minimum Gasteiger partial charge on any atom is -0.461 e. The summed E-state index contributed by atoms with van der Waals surface area (Å²) in [6.07, 6.45) is -4.11. The molecular formula is C16H13BrF3NO3. The number of amides is 1. The number of anilines is 1. The van der Waals surface area contributed by atoms with E-state index in [0.29, 0.717) is 6.42 Å². The normalized spacial score (nSPS) is 36.8. The highest BCUT2D eigenvalue weighted by molar-refractivity contribution is 9.09. The quantitative estimate of drug-likeness (QED) is 0.609. The van der Waals surface area contributed by atoms with Crippen LogP contribution in [0.1, 0.15) is 12.0 Å². The van der Waals surface area contributed by atoms with Gasteiger partial charge in [-0.25, -0.2) is 0 Å². The molecule has 2 bridgehead atoms. The third-order valence-electron chi connectivity index (χ3n) is 5.32. The number of hydrogen-bond donors (Lipinski definition) is 1. The lowest BCUT2D eigenvalue weighted by Gasteiger charge is -2.27. The zero-order chi connectivity index (χ0) is 17.2. The minimum absolute atomic E-state index is 0.0273. The van der Waals surface area contributed by atoms with Crippen molar-refractivity contribution in [3.05, 3.63) is 29.8 Å². The second-order valence-corrected chi connectivity index (χ2v) is 7.55. The standard InChI is InChI=1S/C16H13BrF3NO3/c17-12-6-5-7-11(15(23)24-13(7)12)10(6)14(22)21-9-4-2-1-3-8(9)16(18,19)20/h1-4,6-7,10-13H,5H2,(H,21,22). The highest BCUT2D eigenvalue weighted by atomic mass is 79.9. The maximum atomic E-state index is 13.1. The molecular weight excluding hydrogens is 391 g/mol. The highest BCUT2D eigenvalue weighted by Gasteiger charge is 2.67. The van der Waals surface area contributed by atoms with Crippen LogP contribution in [0.25, 0.3) is 0 Å². The summed E-state index contributed by atoms with van der Waals surface area (Å²) in [6.45, 7) is 0. The van der Waals surface area contributed by atoms with Crippen LogP contribution in [-0.2, 0) is 20.5 Å². The van der Waals surface area contributed by atoms with Gasteiger partial charge < -0.3 is 10.1 Å². The molecule has 128 valence electrons. The number of para-hydroxylation sites is 1. The van der Waals surface area contributed by atoms with Crippen LogP contribution >= 0.6 is 15.9 Å². The van der Waals surface area contributed by atoms with E-state index < -0.39 is 35.5 Å². The number of carbonyl (C=O) groups excluding carboxylic acids is 2. The Hall–Kier alpha value is -1.57. The number of carbonyl (C=O) groups is 2. The van der Waals surface area contributed by atoms with Crippen LogP contribution in [0.4, 0.5) is 18.9 Å². The Labute approximate surface area is 143 Å². The van der Waals surface area contributed by atoms with Gasteiger partial charge in [0.1, 0.15) is 6.10 Å². The molecule has 1 amide bonds. The van der Waals surface area contributed by atoms with Crippen molar-refractivity contribution in [1.82, 2.24) is 0 Å². The molecule has 6 unspecified atom stereocenters. The number of halogens is 4. The van der Waals surface area contributed by atoms with E-state index in [4.69, 9.17) is 4.74 Å². The molecule has 0 spiro atoms. The molecule has 6 atom stereocenters. The predicted octanol–water partition coefficient (Wildman–Crippen LogP) is 3.21. The van der Waals surface area contributed by atoms with E-state index in [1.54, 1.807) is 0 Å². The van der Waals surface area contributed by atoms with Gasteiger partial charge in [-0.3, -0.25) is 9.59 Å². The third kappa shape index (κ3) is 2.18. The molecule has 3 fully saturated rings. The highest BCUT2D eigenvalue weighted by Crippen LogP contribution is 2.60. The van der Waals surface area contributed by atoms with Crippen LogP contribution in [0.15, 0.2) is 24.3 Å². The fourth-order valence-corrected chi connectivity index (χ4v) is 5.43. The van der Waals surface area contributed by atoms with Crippen LogP contribution in [0.3, 0.4) is 0 Å². The number of fused-ring (bicyclic) bond motifs is 1. The monoisotopic (exact) mass is 403 g/mol. The van der Waals surface area contributed by atoms with Gasteiger partial charge in [0.05, 0.1) is 27.9 Å². The number of ether oxygens (including phenoxy) is 1. The van der Waals surface area contributed by atoms with E-state index in [0.717, 1.165) is 6.07 Å². The molecule has 4 rings (SSSR count). The number of rotatable bonds is 2. The van der Waals surface area contributed by atoms with Gasteiger partial charge >= 0.3 is 12.1 Å². The Kier molecular flexibility index (Phi) is 3.46. The summed E-state index contributed by atoms with van der Waals surface area (Å²) in [5.74, 6) is -2.31. The number of nitrogens with one attached hydrogen (secondary N) is 1. The second-order valence-electron chi connectivity index (χ2n) is 6.49. The number of alkyl halides is 4. The average molecular weight is 404 g/mol. The molecule has 8 heteroatoms. The molecule has 2 saturated carbocycles. The molecule has 1 aromatic carbocycles. The Morgan fingerprint density at radius 3 is 2.67 bits per heavy atom. The molecule has 3 aliphatic rings. The van der Waals surface area contributed by atoms with Gasteiger partial charge in [0.25, 0.3) is 0 Å². The van der Waals surface area contributed by atoms with Gasteiger partial charge in [0.15, 0.2) is 0 Å². The Morgan fingerprint density at radius 2 is 1.96 bits per heavy atom. The molecule has 24 heavy (non-hydrogen) atoms. The van der Waals surface area contributed by atoms with Crippen molar-refractivity contribution < 1.29 is 27.5 Å². The predicted molar refractivity (Wildman–Crippen MR) is 81.2 cm³/mol. The maximum absolute atomic E-state index is 13.1. The summed E-state index contributed by atoms with van der Waals surface area (Å²) in [5, 5.41) is 2.38. The lowest BCUT2D eigenvalue weighted by atomic mass is 9.79. The Morgan fingerprint density at radius 1 is 1.25 bits per heavy atom. The lowest BCUT2D eigenvalue weighted by Crippen LogP contribution is -2.40. The molecule has 0 radical (unpaired) electrons. The van der Waals surface area contributed by atoms with Crippen molar-refractivity contribution in [2.24, 2.45) is 23.7 Å². The van der Waals surface area contributed by atoms with Crippen LogP contribution in [-0.4, -0.2) is 22.8 Å². The summed E-state index contributed by atoms with van der Waals surface area (Å²) in [6, 6.07) is 4.83. The third-order valence-corrected chi connectivity index (χ3v) is 6.52. The van der Waals surface area contributed by atoms with Crippen LogP contribution < -0.4 is 5.32 Å². The van der Waals surface area contributed by atoms with Crippen LogP contribution in [0, 0.1) is 23.7 Å². The summed E-state index contributed by atoms with van der Waals surface area (Å²) < 4.78 is 44.5. The van der Waals surface area contributed by atoms with Crippen LogP contribution in [0.2, 0.25) is 0 Å². The van der Waals surface area contributed by atoms with E-state index in [1.165, 1.54) is 18.2 Å². The smallest absolute Gasteiger partial charge is 0.418 e. The first-order valence-corrected chi connectivity index (χ1v) is 8.52. The fraction of sp³-hybridized carbons (Fsp3) is 0.500. The second kappa shape index (κ2) is 5.21. The van der Waals surface area contributed by atoms with Crippen molar-refractivity contribution in [1.29, 1.82) is 0 Å². The van der Waals surface area contributed by atoms with Crippen molar-refractivity contribution in [2.45, 2.75) is 23.5 Å². The van der Waals surface area contributed by atoms with E-state index >= 15 is 0 Å². The first kappa shape index (κ1) is 15.9. The average Bonchev–Trinajstić information content (AvgIpc) is 3.11. The van der Waals surface area contributed by atoms with E-state index in [2.05, 4.69) is 21.2 Å². The molecule has 4 nitrogen and oxygen atoms in total. The first-order valence-electron chi connectivity index (χ1n) is 7.60. The summed E-state index contributed by atoms with van der Waals surface area (Å²) >= 11 is 3.48. The van der Waals surface area contributed by atoms with Crippen molar-refractivity contribution in [3.8, 4) is 0 Å². The van der Waals surface area contributed by atoms with Gasteiger partial charge in [0, 0.05) is 5.92 Å². The van der Waals surface area contributed by atoms with Crippen molar-refractivity contribution in [3.63, 3.8) is 0 Å². The topological polar surface area (TPSA) is 55.4 Å². The van der Waals surface area contributed by atoms with Gasteiger partial charge in [-0.05, 0) is 24.5 Å². The molecule has 1 saturated heterocycles. The summed E-state index contributed by atoms with van der Waals surface area (Å²) in [4.78, 5) is 24.6. The van der Waals surface area contributed by atoms with E-state index in [1.807, 2.05) is 0 Å². The van der Waals surface area contributed by atoms with E-state index in [9.17, 15) is 22.8 Å². The maximum Gasteiger partial charge on any atom is 0.418 e. The zero-order valence-electron chi connectivity index (χ0n) is 12.2. The molecule has 1 aliphatic heterocycles. The number of benzene rings is 1. The Balaban J connectivity index is 1.61. The number of hydrogen-bond acceptors (Lipinski definition) is 3.